The van der Waals surface area contributed by atoms with Crippen LogP contribution < -0.4 is 0 Å². The summed E-state index contributed by atoms with van der Waals surface area (Å²) in [6.07, 6.45) is 0. The monoisotopic (exact) mass is 374 g/mol. The molecule has 29 heavy (non-hydrogen) atoms. The third kappa shape index (κ3) is 2.28. The highest BCUT2D eigenvalue weighted by atomic mass is 16.3. The van der Waals surface area contributed by atoms with Crippen LogP contribution >= 0.6 is 0 Å². The highest BCUT2D eigenvalue weighted by Gasteiger charge is 2.18. The molecule has 3 nitrogen and oxygen atoms in total. The summed E-state index contributed by atoms with van der Waals surface area (Å²) in [5.41, 5.74) is 6.45. The van der Waals surface area contributed by atoms with Crippen molar-refractivity contribution in [1.82, 2.24) is 4.57 Å². The fourth-order valence-corrected chi connectivity index (χ4v) is 4.46. The number of fused-ring (bicyclic) bond motifs is 7. The largest absolute Gasteiger partial charge is 0.456 e. The van der Waals surface area contributed by atoms with E-state index in [2.05, 4.69) is 89.1 Å². The topological polar surface area (TPSA) is 30.4 Å². The van der Waals surface area contributed by atoms with Crippen molar-refractivity contribution < 1.29 is 4.42 Å². The Kier molecular flexibility index (Phi) is 3.38. The Hall–Kier alpha value is -3.85. The first-order valence-corrected chi connectivity index (χ1v) is 9.70. The predicted molar refractivity (Wildman–Crippen MR) is 121 cm³/mol. The molecule has 0 aliphatic carbocycles. The van der Waals surface area contributed by atoms with Gasteiger partial charge in [-0.25, -0.2) is 0 Å². The fraction of sp³-hybridized carbons (Fsp3) is 0.0385. The Morgan fingerprint density at radius 3 is 2.48 bits per heavy atom. The van der Waals surface area contributed by atoms with Crippen LogP contribution in [-0.2, 0) is 6.54 Å². The van der Waals surface area contributed by atoms with Crippen LogP contribution in [-0.4, -0.2) is 11.3 Å². The lowest BCUT2D eigenvalue weighted by Gasteiger charge is -2.10. The first kappa shape index (κ1) is 16.1. The van der Waals surface area contributed by atoms with Crippen molar-refractivity contribution in [2.45, 2.75) is 6.54 Å². The van der Waals surface area contributed by atoms with Gasteiger partial charge in [-0.2, -0.15) is 0 Å². The molecule has 0 atom stereocenters. The summed E-state index contributed by atoms with van der Waals surface area (Å²) in [4.78, 5) is 4.06. The van der Waals surface area contributed by atoms with Crippen molar-refractivity contribution in [3.05, 3.63) is 90.5 Å². The third-order valence-electron chi connectivity index (χ3n) is 5.64. The van der Waals surface area contributed by atoms with Gasteiger partial charge < -0.3 is 8.98 Å². The molecule has 0 aliphatic rings. The number of hydrogen-bond donors (Lipinski definition) is 0. The van der Waals surface area contributed by atoms with Crippen LogP contribution in [0, 0.1) is 0 Å². The van der Waals surface area contributed by atoms with E-state index in [1.54, 1.807) is 0 Å². The van der Waals surface area contributed by atoms with E-state index in [9.17, 15) is 0 Å². The molecule has 2 aromatic heterocycles. The molecular formula is C26H18N2O. The third-order valence-corrected chi connectivity index (χ3v) is 5.64. The van der Waals surface area contributed by atoms with Crippen LogP contribution in [0.1, 0.15) is 5.56 Å². The van der Waals surface area contributed by atoms with Crippen LogP contribution in [0.15, 0.2) is 94.3 Å². The van der Waals surface area contributed by atoms with Crippen LogP contribution in [0.2, 0.25) is 0 Å². The van der Waals surface area contributed by atoms with E-state index in [-0.39, 0.29) is 0 Å². The first-order valence-electron chi connectivity index (χ1n) is 9.70. The van der Waals surface area contributed by atoms with Gasteiger partial charge in [0.15, 0.2) is 0 Å². The zero-order chi connectivity index (χ0) is 19.4. The van der Waals surface area contributed by atoms with Crippen LogP contribution in [0.3, 0.4) is 0 Å². The molecule has 2 heterocycles. The summed E-state index contributed by atoms with van der Waals surface area (Å²) in [5, 5.41) is 4.76. The molecule has 0 amide bonds. The minimum atomic E-state index is 0.606. The number of hydrogen-bond acceptors (Lipinski definition) is 2. The molecule has 0 radical (unpaired) electrons. The van der Waals surface area contributed by atoms with E-state index < -0.39 is 0 Å². The minimum absolute atomic E-state index is 0.606. The molecule has 0 saturated carbocycles. The van der Waals surface area contributed by atoms with Crippen molar-refractivity contribution in [2.24, 2.45) is 4.99 Å². The second-order valence-electron chi connectivity index (χ2n) is 7.34. The van der Waals surface area contributed by atoms with Crippen LogP contribution in [0.5, 0.6) is 0 Å². The molecule has 4 aromatic carbocycles. The van der Waals surface area contributed by atoms with E-state index in [0.29, 0.717) is 6.54 Å². The van der Waals surface area contributed by atoms with Gasteiger partial charge in [-0.05, 0) is 48.7 Å². The van der Waals surface area contributed by atoms with E-state index >= 15 is 0 Å². The number of benzene rings is 4. The molecular weight excluding hydrogens is 356 g/mol. The Morgan fingerprint density at radius 1 is 0.759 bits per heavy atom. The molecule has 3 heteroatoms. The van der Waals surface area contributed by atoms with E-state index in [1.165, 1.54) is 21.8 Å². The number of aromatic nitrogens is 1. The minimum Gasteiger partial charge on any atom is -0.456 e. The molecule has 138 valence electrons. The number of nitrogens with zero attached hydrogens (tertiary/aromatic N) is 2. The van der Waals surface area contributed by atoms with Gasteiger partial charge in [0.05, 0.1) is 23.0 Å². The van der Waals surface area contributed by atoms with Gasteiger partial charge in [-0.15, -0.1) is 0 Å². The van der Waals surface area contributed by atoms with Crippen molar-refractivity contribution >= 4 is 50.5 Å². The van der Waals surface area contributed by atoms with Crippen LogP contribution in [0.4, 0.5) is 0 Å². The smallest absolute Gasteiger partial charge is 0.137 e. The van der Waals surface area contributed by atoms with Gasteiger partial charge in [-0.3, -0.25) is 4.99 Å². The van der Waals surface area contributed by atoms with E-state index in [4.69, 9.17) is 4.42 Å². The van der Waals surface area contributed by atoms with Crippen molar-refractivity contribution in [3.8, 4) is 5.69 Å². The molecule has 6 aromatic rings. The molecule has 0 N–H and O–H groups in total. The maximum Gasteiger partial charge on any atom is 0.137 e. The Morgan fingerprint density at radius 2 is 1.59 bits per heavy atom. The second kappa shape index (κ2) is 6.08. The summed E-state index contributed by atoms with van der Waals surface area (Å²) in [6.45, 7) is 4.25. The molecule has 0 bridgehead atoms. The summed E-state index contributed by atoms with van der Waals surface area (Å²) in [7, 11) is 0. The van der Waals surface area contributed by atoms with Crippen molar-refractivity contribution in [2.75, 3.05) is 0 Å². The first-order chi connectivity index (χ1) is 14.3. The highest BCUT2D eigenvalue weighted by Crippen LogP contribution is 2.40. The summed E-state index contributed by atoms with van der Waals surface area (Å²) >= 11 is 0. The zero-order valence-electron chi connectivity index (χ0n) is 15.8. The quantitative estimate of drug-likeness (QED) is 0.310. The van der Waals surface area contributed by atoms with Gasteiger partial charge in [0.1, 0.15) is 11.2 Å². The Bertz CT molecular complexity index is 1550. The van der Waals surface area contributed by atoms with E-state index in [0.717, 1.165) is 33.2 Å². The second-order valence-corrected chi connectivity index (χ2v) is 7.34. The Labute approximate surface area is 167 Å². The zero-order valence-corrected chi connectivity index (χ0v) is 15.8. The molecule has 6 rings (SSSR count). The average molecular weight is 374 g/mol. The summed E-state index contributed by atoms with van der Waals surface area (Å²) in [6, 6.07) is 29.6. The molecule has 0 unspecified atom stereocenters. The lowest BCUT2D eigenvalue weighted by Crippen LogP contribution is -1.95. The molecule has 0 saturated heterocycles. The van der Waals surface area contributed by atoms with Gasteiger partial charge in [-0.1, -0.05) is 48.5 Å². The maximum atomic E-state index is 6.17. The summed E-state index contributed by atoms with van der Waals surface area (Å²) < 4.78 is 8.52. The number of aliphatic imine (C=N–C) groups is 1. The maximum absolute atomic E-state index is 6.17. The average Bonchev–Trinajstić information content (AvgIpc) is 3.29. The standard InChI is InChI=1S/C26H18N2O/c1-27-16-17-7-6-8-18(15-17)28-22-11-4-2-9-19(22)20-13-14-24-25(26(20)28)21-10-3-5-12-23(21)29-24/h2-15H,1,16H2. The van der Waals surface area contributed by atoms with Gasteiger partial charge in [0, 0.05) is 21.8 Å². The van der Waals surface area contributed by atoms with Gasteiger partial charge >= 0.3 is 0 Å². The van der Waals surface area contributed by atoms with Crippen molar-refractivity contribution in [1.29, 1.82) is 0 Å². The summed E-state index contributed by atoms with van der Waals surface area (Å²) in [5.74, 6) is 0. The van der Waals surface area contributed by atoms with E-state index in [1.807, 2.05) is 12.1 Å². The fourth-order valence-electron chi connectivity index (χ4n) is 4.46. The highest BCUT2D eigenvalue weighted by molar-refractivity contribution is 6.24. The normalized spacial score (nSPS) is 11.7. The lowest BCUT2D eigenvalue weighted by atomic mass is 10.1. The van der Waals surface area contributed by atoms with Gasteiger partial charge in [0.2, 0.25) is 0 Å². The predicted octanol–water partition coefficient (Wildman–Crippen LogP) is 6.88. The SMILES string of the molecule is C=NCc1cccc(-n2c3ccccc3c3ccc4oc5ccccc5c4c32)c1. The lowest BCUT2D eigenvalue weighted by molar-refractivity contribution is 0.669. The number of rotatable bonds is 3. The van der Waals surface area contributed by atoms with Gasteiger partial charge in [0.25, 0.3) is 0 Å². The molecule has 0 fully saturated rings. The number of furan rings is 1. The number of para-hydroxylation sites is 2. The Balaban J connectivity index is 1.85. The molecule has 0 aliphatic heterocycles. The molecule has 0 spiro atoms. The van der Waals surface area contributed by atoms with Crippen LogP contribution in [0.25, 0.3) is 49.4 Å². The van der Waals surface area contributed by atoms with Crippen molar-refractivity contribution in [3.63, 3.8) is 0 Å².